The summed E-state index contributed by atoms with van der Waals surface area (Å²) >= 11 is 0. The van der Waals surface area contributed by atoms with Gasteiger partial charge in [0, 0.05) is 83.5 Å². The fourth-order valence-electron chi connectivity index (χ4n) is 16.4. The van der Waals surface area contributed by atoms with E-state index in [4.69, 9.17) is 51.7 Å². The van der Waals surface area contributed by atoms with Crippen molar-refractivity contribution in [3.63, 3.8) is 0 Å². The maximum absolute atomic E-state index is 18.0. The standard InChI is InChI=1S/C67H58F6N8O6/c1-3-42-52(69)12-7-34-17-39(82)19-48(55(34)42)44-8-10-46-59(57(44)72)74-64(76-62(46)78-25-35-29-84-30-36(35)26-78)87-33-67-14-6-16-81(67)61(54(71)24-67)51-22-53(70)43(4-2)56-49(20-40(83)21-50(51)56)45-9-11-47-60(58(45)73)75-65(77-63(47)80-28-41-18-38(80)31-85-41)86-32-66-13-5-15-79(66)27-37(68)23-66/h1-2,7-12,17,19-22,35-38,41,54,61,82-83H,5-6,13-16,18,23-33H2/t35?,36?,37-,38+,41+,54-,61?,66+,67+/m1/s1. The number of hydrogen-bond acceptors (Lipinski definition) is 14. The van der Waals surface area contributed by atoms with Crippen LogP contribution < -0.4 is 19.3 Å². The van der Waals surface area contributed by atoms with Crippen molar-refractivity contribution in [1.82, 2.24) is 29.7 Å². The molecule has 0 spiro atoms. The van der Waals surface area contributed by atoms with Crippen molar-refractivity contribution >= 4 is 55.0 Å². The number of alkyl halides is 2. The molecule has 2 N–H and O–H groups in total. The molecule has 8 fully saturated rings. The number of fused-ring (bicyclic) bond motifs is 9. The van der Waals surface area contributed by atoms with Gasteiger partial charge in [0.05, 0.1) is 60.2 Å². The van der Waals surface area contributed by atoms with Crippen molar-refractivity contribution in [3.05, 3.63) is 107 Å². The highest BCUT2D eigenvalue weighted by Gasteiger charge is 2.56. The zero-order valence-corrected chi connectivity index (χ0v) is 47.1. The number of halogens is 6. The molecule has 9 atom stereocenters. The van der Waals surface area contributed by atoms with Crippen LogP contribution >= 0.6 is 0 Å². The molecule has 8 saturated heterocycles. The lowest BCUT2D eigenvalue weighted by atomic mass is 9.87. The number of aromatic nitrogens is 4. The molecular weight excluding hydrogens is 1130 g/mol. The Morgan fingerprint density at radius 2 is 1.29 bits per heavy atom. The molecule has 2 bridgehead atoms. The molecule has 8 aliphatic rings. The van der Waals surface area contributed by atoms with Gasteiger partial charge in [0.1, 0.15) is 71.4 Å². The van der Waals surface area contributed by atoms with Crippen LogP contribution in [0, 0.1) is 59.8 Å². The smallest absolute Gasteiger partial charge is 0.319 e. The summed E-state index contributed by atoms with van der Waals surface area (Å²) in [5, 5.41) is 24.3. The normalized spacial score (nSPS) is 27.5. The van der Waals surface area contributed by atoms with Gasteiger partial charge in [-0.15, -0.1) is 12.8 Å². The summed E-state index contributed by atoms with van der Waals surface area (Å²) in [7, 11) is 0. The number of hydrogen-bond donors (Lipinski definition) is 2. The minimum absolute atomic E-state index is 0.00356. The van der Waals surface area contributed by atoms with Crippen LogP contribution in [0.1, 0.15) is 67.7 Å². The second-order valence-electron chi connectivity index (χ2n) is 25.1. The zero-order chi connectivity index (χ0) is 59.4. The lowest BCUT2D eigenvalue weighted by Crippen LogP contribution is -2.44. The number of benzene rings is 6. The number of aromatic hydroxyl groups is 2. The molecule has 10 heterocycles. The maximum Gasteiger partial charge on any atom is 0.319 e. The van der Waals surface area contributed by atoms with E-state index in [0.717, 1.165) is 25.8 Å². The lowest BCUT2D eigenvalue weighted by molar-refractivity contribution is 0.0831. The molecule has 6 aromatic carbocycles. The third-order valence-electron chi connectivity index (χ3n) is 20.3. The molecule has 8 aromatic rings. The number of terminal acetylenes is 2. The molecule has 0 saturated carbocycles. The van der Waals surface area contributed by atoms with Crippen LogP contribution in [0.5, 0.6) is 23.5 Å². The molecule has 87 heavy (non-hydrogen) atoms. The summed E-state index contributed by atoms with van der Waals surface area (Å²) in [5.41, 5.74) is -1.75. The van der Waals surface area contributed by atoms with Gasteiger partial charge in [-0.05, 0) is 121 Å². The molecule has 14 nitrogen and oxygen atoms in total. The van der Waals surface area contributed by atoms with E-state index in [0.29, 0.717) is 99.6 Å². The fourth-order valence-corrected chi connectivity index (χ4v) is 16.4. The third-order valence-corrected chi connectivity index (χ3v) is 20.3. The summed E-state index contributed by atoms with van der Waals surface area (Å²) in [6, 6.07) is 14.4. The van der Waals surface area contributed by atoms with Crippen molar-refractivity contribution < 1.29 is 55.5 Å². The van der Waals surface area contributed by atoms with Crippen LogP contribution in [-0.4, -0.2) is 148 Å². The fraction of sp³-hybridized carbons (Fsp3) is 0.403. The number of ether oxygens (including phenoxy) is 4. The number of phenols is 2. The van der Waals surface area contributed by atoms with Crippen molar-refractivity contribution in [2.75, 3.05) is 82.1 Å². The Morgan fingerprint density at radius 1 is 0.644 bits per heavy atom. The molecule has 444 valence electrons. The Balaban J connectivity index is 0.768. The van der Waals surface area contributed by atoms with E-state index in [1.165, 1.54) is 48.5 Å². The second kappa shape index (κ2) is 20.2. The largest absolute Gasteiger partial charge is 0.508 e. The Hall–Kier alpha value is -8.14. The van der Waals surface area contributed by atoms with Crippen LogP contribution in [0.15, 0.2) is 66.7 Å². The number of phenolic OH excluding ortho intramolecular Hbond substituents is 2. The summed E-state index contributed by atoms with van der Waals surface area (Å²) in [6.07, 6.45) is 13.0. The van der Waals surface area contributed by atoms with Gasteiger partial charge < -0.3 is 39.0 Å². The summed E-state index contributed by atoms with van der Waals surface area (Å²) in [6.45, 7) is 4.63. The molecule has 20 heteroatoms. The van der Waals surface area contributed by atoms with Crippen LogP contribution in [-0.2, 0) is 9.47 Å². The first-order valence-electron chi connectivity index (χ1n) is 29.8. The second-order valence-corrected chi connectivity index (χ2v) is 25.1. The Morgan fingerprint density at radius 3 is 1.98 bits per heavy atom. The zero-order valence-electron chi connectivity index (χ0n) is 47.1. The summed E-state index contributed by atoms with van der Waals surface area (Å²) in [5.74, 6) is 2.53. The van der Waals surface area contributed by atoms with Crippen molar-refractivity contribution in [1.29, 1.82) is 0 Å². The third kappa shape index (κ3) is 8.48. The van der Waals surface area contributed by atoms with Gasteiger partial charge in [0.2, 0.25) is 0 Å². The quantitative estimate of drug-likeness (QED) is 0.0937. The van der Waals surface area contributed by atoms with E-state index in [1.54, 1.807) is 18.2 Å². The van der Waals surface area contributed by atoms with Crippen LogP contribution in [0.2, 0.25) is 0 Å². The molecule has 0 aliphatic carbocycles. The highest BCUT2D eigenvalue weighted by atomic mass is 19.2. The predicted molar refractivity (Wildman–Crippen MR) is 314 cm³/mol. The Kier molecular flexibility index (Phi) is 12.6. The Labute approximate surface area is 496 Å². The van der Waals surface area contributed by atoms with Gasteiger partial charge >= 0.3 is 12.0 Å². The molecule has 2 aromatic heterocycles. The maximum atomic E-state index is 18.0. The average Bonchev–Trinajstić information content (AvgIpc) is 2.19. The van der Waals surface area contributed by atoms with Crippen molar-refractivity contribution in [2.45, 2.75) is 86.6 Å². The first-order valence-corrected chi connectivity index (χ1v) is 29.8. The van der Waals surface area contributed by atoms with Gasteiger partial charge in [-0.25, -0.2) is 26.3 Å². The minimum atomic E-state index is -1.62. The first-order chi connectivity index (χ1) is 42.2. The monoisotopic (exact) mass is 1180 g/mol. The first kappa shape index (κ1) is 54.3. The number of morpholine rings is 1. The number of anilines is 2. The van der Waals surface area contributed by atoms with Gasteiger partial charge in [-0.3, -0.25) is 9.80 Å². The highest BCUT2D eigenvalue weighted by Crippen LogP contribution is 2.54. The van der Waals surface area contributed by atoms with Crippen LogP contribution in [0.3, 0.4) is 0 Å². The lowest BCUT2D eigenvalue weighted by Gasteiger charge is -2.35. The van der Waals surface area contributed by atoms with E-state index in [9.17, 15) is 14.6 Å². The van der Waals surface area contributed by atoms with Gasteiger partial charge in [0.15, 0.2) is 11.6 Å². The summed E-state index contributed by atoms with van der Waals surface area (Å²) in [4.78, 5) is 27.4. The average molecular weight is 1190 g/mol. The van der Waals surface area contributed by atoms with Gasteiger partial charge in [-0.2, -0.15) is 19.9 Å². The molecular formula is C67H58F6N8O6. The summed E-state index contributed by atoms with van der Waals surface area (Å²) < 4.78 is 125. The van der Waals surface area contributed by atoms with E-state index < -0.39 is 52.7 Å². The molecule has 8 aliphatic heterocycles. The van der Waals surface area contributed by atoms with Crippen molar-refractivity contribution in [3.8, 4) is 70.5 Å². The van der Waals surface area contributed by atoms with E-state index in [2.05, 4.69) is 26.5 Å². The van der Waals surface area contributed by atoms with E-state index >= 15 is 22.0 Å². The minimum Gasteiger partial charge on any atom is -0.508 e. The number of nitrogens with zero attached hydrogens (tertiary/aromatic N) is 8. The van der Waals surface area contributed by atoms with Gasteiger partial charge in [0.25, 0.3) is 0 Å². The van der Waals surface area contributed by atoms with Crippen molar-refractivity contribution in [2.24, 2.45) is 11.8 Å². The predicted octanol–water partition coefficient (Wildman–Crippen LogP) is 10.9. The van der Waals surface area contributed by atoms with Crippen LogP contribution in [0.4, 0.5) is 38.0 Å². The van der Waals surface area contributed by atoms with E-state index in [-0.39, 0.29) is 133 Å². The van der Waals surface area contributed by atoms with E-state index in [1.807, 2.05) is 4.90 Å². The highest BCUT2D eigenvalue weighted by molar-refractivity contribution is 6.06. The molecule has 3 unspecified atom stereocenters. The number of rotatable bonds is 11. The molecule has 0 radical (unpaired) electrons. The molecule has 16 rings (SSSR count). The SMILES string of the molecule is C#Cc1c(F)ccc2cc(O)cc(-c3ccc4c(N5CC6COCC6C5)nc(OC[C@@]56CCCN5C(c5cc(F)c(C#C)c7c(-c8ccc9c(N%10C[C@@H]%11C[C@H]%10CO%11)nc(OC[C@@]%10%11CCCN%10C[C@H](F)C%11)nc9c8F)cc(O)cc57)[C@H](F)C6)nc4c3F)c12. The van der Waals surface area contributed by atoms with Gasteiger partial charge in [-0.1, -0.05) is 30.0 Å². The Bertz CT molecular complexity index is 4320. The molecule has 0 amide bonds. The van der Waals surface area contributed by atoms with Crippen LogP contribution in [0.25, 0.3) is 65.6 Å². The topological polar surface area (TPSA) is 142 Å².